The molecule has 600 valence electrons. The highest BCUT2D eigenvalue weighted by Crippen LogP contribution is 2.45. The predicted octanol–water partition coefficient (Wildman–Crippen LogP) is 24.5. The molecule has 0 rings (SSSR count). The van der Waals surface area contributed by atoms with Gasteiger partial charge in [0.15, 0.2) is 12.2 Å². The third-order valence-electron chi connectivity index (χ3n) is 20.2. The molecule has 17 nitrogen and oxygen atoms in total. The van der Waals surface area contributed by atoms with Crippen molar-refractivity contribution in [2.24, 2.45) is 17.8 Å². The molecule has 0 aromatic heterocycles. The second kappa shape index (κ2) is 72.3. The van der Waals surface area contributed by atoms with Gasteiger partial charge in [0.05, 0.1) is 26.4 Å². The molecule has 0 aliphatic rings. The summed E-state index contributed by atoms with van der Waals surface area (Å²) < 4.78 is 68.7. The van der Waals surface area contributed by atoms with E-state index in [0.717, 1.165) is 114 Å². The monoisotopic (exact) mass is 1480 g/mol. The molecule has 19 heteroatoms. The second-order valence-electron chi connectivity index (χ2n) is 30.2. The molecule has 0 bridgehead atoms. The Kier molecular flexibility index (Phi) is 70.9. The first-order valence-electron chi connectivity index (χ1n) is 42.5. The van der Waals surface area contributed by atoms with E-state index < -0.39 is 97.5 Å². The van der Waals surface area contributed by atoms with Crippen molar-refractivity contribution in [3.63, 3.8) is 0 Å². The molecule has 0 aromatic carbocycles. The molecule has 101 heavy (non-hydrogen) atoms. The van der Waals surface area contributed by atoms with Crippen LogP contribution in [-0.2, 0) is 65.4 Å². The van der Waals surface area contributed by atoms with Gasteiger partial charge in [0, 0.05) is 25.7 Å². The topological polar surface area (TPSA) is 237 Å². The minimum absolute atomic E-state index is 0.106. The van der Waals surface area contributed by atoms with Crippen molar-refractivity contribution in [2.45, 2.75) is 446 Å². The fraction of sp³-hybridized carbons (Fsp3) is 0.951. The summed E-state index contributed by atoms with van der Waals surface area (Å²) >= 11 is 0. The highest BCUT2D eigenvalue weighted by Gasteiger charge is 2.30. The lowest BCUT2D eigenvalue weighted by Gasteiger charge is -2.21. The van der Waals surface area contributed by atoms with E-state index >= 15 is 0 Å². The van der Waals surface area contributed by atoms with Crippen molar-refractivity contribution in [1.82, 2.24) is 0 Å². The molecular formula is C82H160O17P2. The number of phosphoric ester groups is 2. The Labute approximate surface area is 619 Å². The standard InChI is InChI=1S/C82H160O17P2/c1-8-12-13-14-15-16-29-37-42-51-58-65-81(86)99-78(70-93-80(85)64-57-50-45-44-48-55-62-75(7)11-4)72-97-101(90,91)95-68-76(83)67-94-100(88,89)96-71-77(69-92-79(84)63-56-49-41-36-32-27-24-23-26-31-35-40-47-54-61-74(6)10-3)98-82(87)66-59-52-43-38-33-28-22-20-18-17-19-21-25-30-34-39-46-53-60-73(5)9-2/h73-78,83H,8-72H2,1-7H3,(H,88,89)(H,90,91)/t73?,74?,75?,76-,77-,78-/m1/s1. The Morgan fingerprint density at radius 2 is 0.475 bits per heavy atom. The van der Waals surface area contributed by atoms with Gasteiger partial charge in [-0.1, -0.05) is 376 Å². The van der Waals surface area contributed by atoms with Gasteiger partial charge in [-0.05, 0) is 43.4 Å². The molecule has 0 aliphatic carbocycles. The molecule has 0 aliphatic heterocycles. The quantitative estimate of drug-likeness (QED) is 0.0222. The number of hydrogen-bond donors (Lipinski definition) is 3. The largest absolute Gasteiger partial charge is 0.472 e. The molecular weight excluding hydrogens is 1320 g/mol. The van der Waals surface area contributed by atoms with Crippen LogP contribution in [0.2, 0.25) is 0 Å². The molecule has 0 amide bonds. The van der Waals surface area contributed by atoms with Crippen LogP contribution in [0.1, 0.15) is 427 Å². The number of rotatable bonds is 80. The summed E-state index contributed by atoms with van der Waals surface area (Å²) in [6.07, 6.45) is 61.0. The summed E-state index contributed by atoms with van der Waals surface area (Å²) in [4.78, 5) is 73.0. The zero-order valence-corrected chi connectivity index (χ0v) is 68.2. The van der Waals surface area contributed by atoms with Gasteiger partial charge in [0.2, 0.25) is 0 Å². The van der Waals surface area contributed by atoms with Crippen LogP contribution in [0.4, 0.5) is 0 Å². The van der Waals surface area contributed by atoms with Crippen LogP contribution < -0.4 is 0 Å². The fourth-order valence-corrected chi connectivity index (χ4v) is 14.1. The molecule has 0 spiro atoms. The van der Waals surface area contributed by atoms with Crippen molar-refractivity contribution >= 4 is 39.5 Å². The Morgan fingerprint density at radius 3 is 0.703 bits per heavy atom. The van der Waals surface area contributed by atoms with Crippen molar-refractivity contribution in [1.29, 1.82) is 0 Å². The smallest absolute Gasteiger partial charge is 0.462 e. The van der Waals surface area contributed by atoms with Gasteiger partial charge < -0.3 is 33.8 Å². The van der Waals surface area contributed by atoms with Crippen molar-refractivity contribution in [2.75, 3.05) is 39.6 Å². The zero-order chi connectivity index (χ0) is 74.4. The molecule has 0 radical (unpaired) electrons. The van der Waals surface area contributed by atoms with Gasteiger partial charge in [-0.2, -0.15) is 0 Å². The minimum Gasteiger partial charge on any atom is -0.462 e. The van der Waals surface area contributed by atoms with E-state index in [9.17, 15) is 43.2 Å². The van der Waals surface area contributed by atoms with Crippen molar-refractivity contribution < 1.29 is 80.2 Å². The van der Waals surface area contributed by atoms with Crippen molar-refractivity contribution in [3.05, 3.63) is 0 Å². The summed E-state index contributed by atoms with van der Waals surface area (Å²) in [5.41, 5.74) is 0. The average Bonchev–Trinajstić information content (AvgIpc) is 0.956. The van der Waals surface area contributed by atoms with E-state index in [2.05, 4.69) is 48.5 Å². The third-order valence-corrected chi connectivity index (χ3v) is 22.1. The zero-order valence-electron chi connectivity index (χ0n) is 66.4. The molecule has 0 saturated carbocycles. The maximum Gasteiger partial charge on any atom is 0.472 e. The number of carbonyl (C=O) groups is 4. The Morgan fingerprint density at radius 1 is 0.277 bits per heavy atom. The maximum absolute atomic E-state index is 13.1. The molecule has 8 atom stereocenters. The van der Waals surface area contributed by atoms with Gasteiger partial charge in [0.1, 0.15) is 19.3 Å². The Balaban J connectivity index is 5.21. The lowest BCUT2D eigenvalue weighted by Crippen LogP contribution is -2.30. The number of aliphatic hydroxyl groups excluding tert-OH is 1. The van der Waals surface area contributed by atoms with E-state index in [1.807, 2.05) is 0 Å². The summed E-state index contributed by atoms with van der Waals surface area (Å²) in [5.74, 6) is 0.341. The number of aliphatic hydroxyl groups is 1. The van der Waals surface area contributed by atoms with Crippen LogP contribution in [0.5, 0.6) is 0 Å². The molecule has 3 N–H and O–H groups in total. The van der Waals surface area contributed by atoms with Gasteiger partial charge in [-0.15, -0.1) is 0 Å². The number of hydrogen-bond acceptors (Lipinski definition) is 15. The highest BCUT2D eigenvalue weighted by atomic mass is 31.2. The highest BCUT2D eigenvalue weighted by molar-refractivity contribution is 7.47. The number of phosphoric acid groups is 2. The van der Waals surface area contributed by atoms with E-state index in [0.29, 0.717) is 25.7 Å². The molecule has 5 unspecified atom stereocenters. The van der Waals surface area contributed by atoms with Gasteiger partial charge in [0.25, 0.3) is 0 Å². The van der Waals surface area contributed by atoms with E-state index in [4.69, 9.17) is 37.0 Å². The first-order chi connectivity index (χ1) is 48.8. The van der Waals surface area contributed by atoms with E-state index in [-0.39, 0.29) is 25.7 Å². The predicted molar refractivity (Wildman–Crippen MR) is 414 cm³/mol. The summed E-state index contributed by atoms with van der Waals surface area (Å²) in [7, 11) is -9.92. The number of esters is 4. The van der Waals surface area contributed by atoms with E-state index in [1.165, 1.54) is 231 Å². The first kappa shape index (κ1) is 99.1. The molecule has 0 saturated heterocycles. The fourth-order valence-electron chi connectivity index (χ4n) is 12.6. The number of unbranched alkanes of at least 4 members (excludes halogenated alkanes) is 45. The summed E-state index contributed by atoms with van der Waals surface area (Å²) in [6.45, 7) is 12.0. The van der Waals surface area contributed by atoms with Crippen LogP contribution in [0.25, 0.3) is 0 Å². The Hall–Kier alpha value is -1.94. The van der Waals surface area contributed by atoms with E-state index in [1.54, 1.807) is 0 Å². The van der Waals surface area contributed by atoms with Crippen LogP contribution >= 0.6 is 15.6 Å². The number of carbonyl (C=O) groups excluding carboxylic acids is 4. The SMILES string of the molecule is CCCCCCCCCCCCCC(=O)O[C@H](COC(=O)CCCCCCCCC(C)CC)COP(=O)(O)OC[C@H](O)COP(=O)(O)OC[C@@H](COC(=O)CCCCCCCCCCCCCCCCC(C)CC)OC(=O)CCCCCCCCCCCCCCCCCCCCC(C)CC. The van der Waals surface area contributed by atoms with Crippen LogP contribution in [-0.4, -0.2) is 96.7 Å². The minimum atomic E-state index is -4.96. The van der Waals surface area contributed by atoms with Gasteiger partial charge >= 0.3 is 39.5 Å². The molecule has 0 heterocycles. The van der Waals surface area contributed by atoms with Crippen molar-refractivity contribution in [3.8, 4) is 0 Å². The van der Waals surface area contributed by atoms with Gasteiger partial charge in [-0.3, -0.25) is 37.3 Å². The Bertz CT molecular complexity index is 1960. The summed E-state index contributed by atoms with van der Waals surface area (Å²) in [5, 5.41) is 10.6. The average molecular weight is 1480 g/mol. The van der Waals surface area contributed by atoms with Crippen LogP contribution in [0, 0.1) is 17.8 Å². The van der Waals surface area contributed by atoms with Crippen LogP contribution in [0.15, 0.2) is 0 Å². The number of ether oxygens (including phenoxy) is 4. The van der Waals surface area contributed by atoms with Crippen LogP contribution in [0.3, 0.4) is 0 Å². The molecule has 0 aromatic rings. The first-order valence-corrected chi connectivity index (χ1v) is 45.5. The van der Waals surface area contributed by atoms with Gasteiger partial charge in [-0.25, -0.2) is 9.13 Å². The third kappa shape index (κ3) is 72.1. The second-order valence-corrected chi connectivity index (χ2v) is 33.1. The summed E-state index contributed by atoms with van der Waals surface area (Å²) in [6, 6.07) is 0. The molecule has 0 fully saturated rings. The lowest BCUT2D eigenvalue weighted by atomic mass is 9.99. The normalized spacial score (nSPS) is 14.8. The lowest BCUT2D eigenvalue weighted by molar-refractivity contribution is -0.161. The maximum atomic E-state index is 13.1.